The first kappa shape index (κ1) is 16.8. The molecule has 0 heteroatoms. The Kier molecular flexibility index (Phi) is 4.86. The monoisotopic (exact) mass is 300 g/mol. The van der Waals surface area contributed by atoms with Gasteiger partial charge in [0.25, 0.3) is 0 Å². The Bertz CT molecular complexity index is 931. The van der Waals surface area contributed by atoms with E-state index in [1.165, 1.54) is 38.2 Å². The van der Waals surface area contributed by atoms with Crippen LogP contribution in [0.1, 0.15) is 20.4 Å². The van der Waals surface area contributed by atoms with Gasteiger partial charge in [-0.2, -0.15) is 0 Å². The molecule has 0 aliphatic carbocycles. The van der Waals surface area contributed by atoms with E-state index < -0.39 is 0 Å². The third kappa shape index (κ3) is 2.85. The number of aryl methyl sites for hydroxylation is 1. The molecule has 0 bridgehead atoms. The van der Waals surface area contributed by atoms with Gasteiger partial charge in [0.2, 0.25) is 0 Å². The van der Waals surface area contributed by atoms with Gasteiger partial charge in [-0.05, 0) is 45.7 Å². The Balaban J connectivity index is 0.000000960. The van der Waals surface area contributed by atoms with Gasteiger partial charge in [-0.3, -0.25) is 0 Å². The van der Waals surface area contributed by atoms with Crippen LogP contribution in [-0.4, -0.2) is 0 Å². The average Bonchev–Trinajstić information content (AvgIpc) is 2.55. The largest absolute Gasteiger partial charge is 0.0776 e. The fourth-order valence-electron chi connectivity index (χ4n) is 3.03. The van der Waals surface area contributed by atoms with Crippen molar-refractivity contribution < 1.29 is 0 Å². The van der Waals surface area contributed by atoms with E-state index >= 15 is 0 Å². The molecule has 116 valence electrons. The number of hydrogen-bond acceptors (Lipinski definition) is 0. The minimum Gasteiger partial charge on any atom is -0.0776 e. The SMILES string of the molecule is C.C.Cc1ccc(-c2cc3ccccc3c3ccccc23)cc1. The van der Waals surface area contributed by atoms with Crippen LogP contribution in [-0.2, 0) is 0 Å². The van der Waals surface area contributed by atoms with E-state index in [1.807, 2.05) is 0 Å². The molecule has 0 aromatic heterocycles. The van der Waals surface area contributed by atoms with Gasteiger partial charge in [0.1, 0.15) is 0 Å². The minimum atomic E-state index is 0. The molecule has 0 spiro atoms. The standard InChI is InChI=1S/C21H16.2CH4/c1-15-10-12-16(13-11-15)21-14-17-6-2-3-7-18(17)19-8-4-5-9-20(19)21;;/h2-14H,1H3;2*1H4. The lowest BCUT2D eigenvalue weighted by Crippen LogP contribution is -1.84. The van der Waals surface area contributed by atoms with Crippen LogP contribution in [0.2, 0.25) is 0 Å². The summed E-state index contributed by atoms with van der Waals surface area (Å²) >= 11 is 0. The molecule has 0 nitrogen and oxygen atoms in total. The lowest BCUT2D eigenvalue weighted by atomic mass is 9.93. The van der Waals surface area contributed by atoms with Crippen LogP contribution in [0, 0.1) is 6.92 Å². The van der Waals surface area contributed by atoms with Gasteiger partial charge in [0.05, 0.1) is 0 Å². The van der Waals surface area contributed by atoms with Crippen LogP contribution < -0.4 is 0 Å². The summed E-state index contributed by atoms with van der Waals surface area (Å²) in [5.74, 6) is 0. The summed E-state index contributed by atoms with van der Waals surface area (Å²) in [4.78, 5) is 0. The van der Waals surface area contributed by atoms with Crippen molar-refractivity contribution in [3.05, 3.63) is 84.4 Å². The van der Waals surface area contributed by atoms with Crippen LogP contribution in [0.15, 0.2) is 78.9 Å². The average molecular weight is 300 g/mol. The van der Waals surface area contributed by atoms with E-state index in [-0.39, 0.29) is 14.9 Å². The molecule has 0 fully saturated rings. The Morgan fingerprint density at radius 3 is 1.83 bits per heavy atom. The van der Waals surface area contributed by atoms with Crippen LogP contribution in [0.3, 0.4) is 0 Å². The maximum absolute atomic E-state index is 2.31. The summed E-state index contributed by atoms with van der Waals surface area (Å²) < 4.78 is 0. The Morgan fingerprint density at radius 2 is 1.13 bits per heavy atom. The van der Waals surface area contributed by atoms with E-state index in [9.17, 15) is 0 Å². The van der Waals surface area contributed by atoms with Crippen LogP contribution in [0.5, 0.6) is 0 Å². The van der Waals surface area contributed by atoms with Crippen molar-refractivity contribution in [2.45, 2.75) is 21.8 Å². The second-order valence-electron chi connectivity index (χ2n) is 5.56. The number of fused-ring (bicyclic) bond motifs is 3. The van der Waals surface area contributed by atoms with Gasteiger partial charge in [-0.15, -0.1) is 0 Å². The van der Waals surface area contributed by atoms with Gasteiger partial charge < -0.3 is 0 Å². The van der Waals surface area contributed by atoms with Crippen LogP contribution in [0.25, 0.3) is 32.7 Å². The fraction of sp³-hybridized carbons (Fsp3) is 0.130. The molecule has 0 radical (unpaired) electrons. The van der Waals surface area contributed by atoms with E-state index in [4.69, 9.17) is 0 Å². The highest BCUT2D eigenvalue weighted by Crippen LogP contribution is 2.34. The molecule has 0 saturated carbocycles. The summed E-state index contributed by atoms with van der Waals surface area (Å²) in [5, 5.41) is 5.27. The third-order valence-electron chi connectivity index (χ3n) is 4.13. The molecule has 0 N–H and O–H groups in total. The summed E-state index contributed by atoms with van der Waals surface area (Å²) in [5.41, 5.74) is 3.88. The third-order valence-corrected chi connectivity index (χ3v) is 4.13. The summed E-state index contributed by atoms with van der Waals surface area (Å²) in [6, 6.07) is 28.4. The van der Waals surface area contributed by atoms with Crippen molar-refractivity contribution in [3.63, 3.8) is 0 Å². The van der Waals surface area contributed by atoms with Crippen molar-refractivity contribution in [2.24, 2.45) is 0 Å². The molecule has 4 aromatic carbocycles. The zero-order chi connectivity index (χ0) is 14.2. The molecule has 0 aliphatic heterocycles. The van der Waals surface area contributed by atoms with Crippen molar-refractivity contribution >= 4 is 21.5 Å². The molecule has 0 amide bonds. The van der Waals surface area contributed by atoms with E-state index in [0.717, 1.165) is 0 Å². The summed E-state index contributed by atoms with van der Waals surface area (Å²) in [6.07, 6.45) is 0. The number of benzene rings is 4. The predicted octanol–water partition coefficient (Wildman–Crippen LogP) is 7.24. The molecule has 4 rings (SSSR count). The first-order valence-electron chi connectivity index (χ1n) is 7.30. The van der Waals surface area contributed by atoms with Gasteiger partial charge >= 0.3 is 0 Å². The zero-order valence-corrected chi connectivity index (χ0v) is 12.0. The smallest absolute Gasteiger partial charge is 0.00990 e. The maximum Gasteiger partial charge on any atom is -0.00990 e. The first-order chi connectivity index (χ1) is 10.3. The highest BCUT2D eigenvalue weighted by molar-refractivity contribution is 6.13. The van der Waals surface area contributed by atoms with Crippen molar-refractivity contribution in [3.8, 4) is 11.1 Å². The lowest BCUT2D eigenvalue weighted by Gasteiger charge is -2.11. The molecule has 4 aromatic rings. The van der Waals surface area contributed by atoms with Gasteiger partial charge in [-0.25, -0.2) is 0 Å². The normalized spacial score (nSPS) is 10.1. The second-order valence-corrected chi connectivity index (χ2v) is 5.56. The van der Waals surface area contributed by atoms with Crippen LogP contribution in [0.4, 0.5) is 0 Å². The van der Waals surface area contributed by atoms with E-state index in [2.05, 4.69) is 85.8 Å². The molecule has 0 aliphatic rings. The molecule has 0 unspecified atom stereocenters. The summed E-state index contributed by atoms with van der Waals surface area (Å²) in [6.45, 7) is 2.13. The molecule has 23 heavy (non-hydrogen) atoms. The van der Waals surface area contributed by atoms with Crippen molar-refractivity contribution in [1.82, 2.24) is 0 Å². The molecular formula is C23H24. The quantitative estimate of drug-likeness (QED) is 0.325. The number of rotatable bonds is 1. The van der Waals surface area contributed by atoms with E-state index in [1.54, 1.807) is 0 Å². The highest BCUT2D eigenvalue weighted by atomic mass is 14.1. The summed E-state index contributed by atoms with van der Waals surface area (Å²) in [7, 11) is 0. The molecule has 0 atom stereocenters. The van der Waals surface area contributed by atoms with Crippen molar-refractivity contribution in [2.75, 3.05) is 0 Å². The number of hydrogen-bond donors (Lipinski definition) is 0. The van der Waals surface area contributed by atoms with Gasteiger partial charge in [0, 0.05) is 0 Å². The highest BCUT2D eigenvalue weighted by Gasteiger charge is 2.07. The molecular weight excluding hydrogens is 276 g/mol. The second kappa shape index (κ2) is 6.66. The minimum absolute atomic E-state index is 0. The first-order valence-corrected chi connectivity index (χ1v) is 7.30. The maximum atomic E-state index is 2.31. The van der Waals surface area contributed by atoms with Gasteiger partial charge in [-0.1, -0.05) is 93.2 Å². The Labute approximate surface area is 139 Å². The lowest BCUT2D eigenvalue weighted by molar-refractivity contribution is 1.47. The fourth-order valence-corrected chi connectivity index (χ4v) is 3.03. The zero-order valence-electron chi connectivity index (χ0n) is 12.0. The Morgan fingerprint density at radius 1 is 0.565 bits per heavy atom. The topological polar surface area (TPSA) is 0 Å². The van der Waals surface area contributed by atoms with Gasteiger partial charge in [0.15, 0.2) is 0 Å². The molecule has 0 heterocycles. The van der Waals surface area contributed by atoms with Crippen LogP contribution >= 0.6 is 0 Å². The Hall–Kier alpha value is -2.60. The predicted molar refractivity (Wildman–Crippen MR) is 105 cm³/mol. The molecule has 0 saturated heterocycles. The van der Waals surface area contributed by atoms with E-state index in [0.29, 0.717) is 0 Å². The van der Waals surface area contributed by atoms with Crippen molar-refractivity contribution in [1.29, 1.82) is 0 Å².